The summed E-state index contributed by atoms with van der Waals surface area (Å²) >= 11 is 2.40. The number of hydrogen-bond acceptors (Lipinski definition) is 1. The molecular formula is C8H16INO. The number of halogens is 1. The second-order valence-electron chi connectivity index (χ2n) is 2.47. The summed E-state index contributed by atoms with van der Waals surface area (Å²) in [5.74, 6) is 0.100. The first-order chi connectivity index (χ1) is 5.18. The van der Waals surface area contributed by atoms with Gasteiger partial charge in [-0.25, -0.2) is 0 Å². The highest BCUT2D eigenvalue weighted by atomic mass is 127. The van der Waals surface area contributed by atoms with Crippen LogP contribution in [0.25, 0.3) is 0 Å². The number of amides is 1. The average Bonchev–Trinajstić information content (AvgIpc) is 1.88. The lowest BCUT2D eigenvalue weighted by atomic mass is 9.93. The molecule has 0 atom stereocenters. The van der Waals surface area contributed by atoms with E-state index in [4.69, 9.17) is 0 Å². The Balaban J connectivity index is 0.000000461. The van der Waals surface area contributed by atoms with Crippen LogP contribution < -0.4 is 5.32 Å². The lowest BCUT2D eigenvalue weighted by Gasteiger charge is -2.31. The standard InChI is InChI=1S/C6H10INO.C2H6/c1-4(9)8-6-2-5(7)3-6;1-2/h5-6H,2-3H2,1H3,(H,8,9);1-2H3. The van der Waals surface area contributed by atoms with Crippen molar-refractivity contribution in [3.05, 3.63) is 0 Å². The fourth-order valence-electron chi connectivity index (χ4n) is 0.954. The van der Waals surface area contributed by atoms with Crippen molar-refractivity contribution in [2.75, 3.05) is 0 Å². The molecule has 1 fully saturated rings. The van der Waals surface area contributed by atoms with Gasteiger partial charge >= 0.3 is 0 Å². The third kappa shape index (κ3) is 4.61. The van der Waals surface area contributed by atoms with Crippen LogP contribution in [0.4, 0.5) is 0 Å². The van der Waals surface area contributed by atoms with E-state index in [-0.39, 0.29) is 5.91 Å². The van der Waals surface area contributed by atoms with Gasteiger partial charge in [0.25, 0.3) is 0 Å². The quantitative estimate of drug-likeness (QED) is 0.573. The topological polar surface area (TPSA) is 29.1 Å². The summed E-state index contributed by atoms with van der Waals surface area (Å²) in [6.07, 6.45) is 2.31. The Morgan fingerprint density at radius 1 is 1.45 bits per heavy atom. The molecule has 2 nitrogen and oxygen atoms in total. The van der Waals surface area contributed by atoms with Gasteiger partial charge in [0.05, 0.1) is 0 Å². The minimum Gasteiger partial charge on any atom is -0.354 e. The van der Waals surface area contributed by atoms with Gasteiger partial charge < -0.3 is 5.32 Å². The van der Waals surface area contributed by atoms with E-state index in [0.717, 1.165) is 16.8 Å². The summed E-state index contributed by atoms with van der Waals surface area (Å²) in [5, 5.41) is 2.87. The second kappa shape index (κ2) is 5.80. The largest absolute Gasteiger partial charge is 0.354 e. The molecule has 0 aliphatic heterocycles. The third-order valence-electron chi connectivity index (χ3n) is 1.49. The Morgan fingerprint density at radius 2 is 1.91 bits per heavy atom. The summed E-state index contributed by atoms with van der Waals surface area (Å²) in [4.78, 5) is 10.4. The van der Waals surface area contributed by atoms with Crippen molar-refractivity contribution in [2.45, 2.75) is 43.6 Å². The maximum absolute atomic E-state index is 10.4. The van der Waals surface area contributed by atoms with Gasteiger partial charge in [0.15, 0.2) is 0 Å². The zero-order valence-corrected chi connectivity index (χ0v) is 9.51. The predicted octanol–water partition coefficient (Wildman–Crippen LogP) is 2.11. The van der Waals surface area contributed by atoms with Gasteiger partial charge in [-0.15, -0.1) is 0 Å². The van der Waals surface area contributed by atoms with Crippen LogP contribution in [0.2, 0.25) is 0 Å². The van der Waals surface area contributed by atoms with Gasteiger partial charge in [-0.05, 0) is 12.8 Å². The summed E-state index contributed by atoms with van der Waals surface area (Å²) < 4.78 is 0.791. The third-order valence-corrected chi connectivity index (χ3v) is 2.50. The summed E-state index contributed by atoms with van der Waals surface area (Å²) in [6.45, 7) is 5.57. The molecule has 3 heteroatoms. The van der Waals surface area contributed by atoms with Crippen molar-refractivity contribution in [1.82, 2.24) is 5.32 Å². The molecule has 0 spiro atoms. The molecule has 1 rings (SSSR count). The Kier molecular flexibility index (Phi) is 5.91. The van der Waals surface area contributed by atoms with E-state index >= 15 is 0 Å². The van der Waals surface area contributed by atoms with Crippen molar-refractivity contribution < 1.29 is 4.79 Å². The number of nitrogens with one attached hydrogen (secondary N) is 1. The Hall–Kier alpha value is 0.200. The Labute approximate surface area is 82.3 Å². The SMILES string of the molecule is CC.CC(=O)NC1CC(I)C1. The molecular weight excluding hydrogens is 253 g/mol. The zero-order chi connectivity index (χ0) is 8.85. The lowest BCUT2D eigenvalue weighted by molar-refractivity contribution is -0.120. The Bertz CT molecular complexity index is 121. The number of rotatable bonds is 1. The highest BCUT2D eigenvalue weighted by Crippen LogP contribution is 2.27. The second-order valence-corrected chi connectivity index (χ2v) is 4.23. The predicted molar refractivity (Wildman–Crippen MR) is 56.0 cm³/mol. The normalized spacial score (nSPS) is 27.6. The van der Waals surface area contributed by atoms with Crippen LogP contribution in [0.1, 0.15) is 33.6 Å². The molecule has 1 aliphatic rings. The summed E-state index contributed by atoms with van der Waals surface area (Å²) in [6, 6.07) is 0.476. The fraction of sp³-hybridized carbons (Fsp3) is 0.875. The number of carbonyl (C=O) groups is 1. The van der Waals surface area contributed by atoms with E-state index < -0.39 is 0 Å². The highest BCUT2D eigenvalue weighted by molar-refractivity contribution is 14.1. The lowest BCUT2D eigenvalue weighted by Crippen LogP contribution is -2.43. The van der Waals surface area contributed by atoms with Crippen LogP contribution >= 0.6 is 22.6 Å². The molecule has 0 radical (unpaired) electrons. The van der Waals surface area contributed by atoms with Crippen LogP contribution in [0, 0.1) is 0 Å². The van der Waals surface area contributed by atoms with Crippen molar-refractivity contribution in [2.24, 2.45) is 0 Å². The molecule has 0 heterocycles. The number of alkyl halides is 1. The van der Waals surface area contributed by atoms with Gasteiger partial charge in [-0.1, -0.05) is 36.4 Å². The van der Waals surface area contributed by atoms with E-state index in [9.17, 15) is 4.79 Å². The van der Waals surface area contributed by atoms with Gasteiger partial charge in [-0.2, -0.15) is 0 Å². The minimum atomic E-state index is 0.100. The summed E-state index contributed by atoms with van der Waals surface area (Å²) in [5.41, 5.74) is 0. The van der Waals surface area contributed by atoms with Gasteiger partial charge in [0.1, 0.15) is 0 Å². The molecule has 11 heavy (non-hydrogen) atoms. The van der Waals surface area contributed by atoms with Gasteiger partial charge in [0.2, 0.25) is 5.91 Å². The molecule has 0 aromatic carbocycles. The molecule has 1 N–H and O–H groups in total. The highest BCUT2D eigenvalue weighted by Gasteiger charge is 2.26. The smallest absolute Gasteiger partial charge is 0.217 e. The van der Waals surface area contributed by atoms with Crippen LogP contribution in [0.15, 0.2) is 0 Å². The van der Waals surface area contributed by atoms with Crippen molar-refractivity contribution >= 4 is 28.5 Å². The molecule has 0 bridgehead atoms. The number of carbonyl (C=O) groups excluding carboxylic acids is 1. The van der Waals surface area contributed by atoms with Crippen molar-refractivity contribution in [3.63, 3.8) is 0 Å². The maximum Gasteiger partial charge on any atom is 0.217 e. The van der Waals surface area contributed by atoms with E-state index in [1.54, 1.807) is 6.92 Å². The summed E-state index contributed by atoms with van der Waals surface area (Å²) in [7, 11) is 0. The number of hydrogen-bond donors (Lipinski definition) is 1. The molecule has 1 saturated carbocycles. The Morgan fingerprint density at radius 3 is 2.18 bits per heavy atom. The van der Waals surface area contributed by atoms with E-state index in [1.165, 1.54) is 0 Å². The molecule has 1 aliphatic carbocycles. The van der Waals surface area contributed by atoms with Gasteiger partial charge in [0, 0.05) is 16.9 Å². The van der Waals surface area contributed by atoms with Crippen LogP contribution in [0.5, 0.6) is 0 Å². The van der Waals surface area contributed by atoms with Crippen molar-refractivity contribution in [1.29, 1.82) is 0 Å². The average molecular weight is 269 g/mol. The first-order valence-corrected chi connectivity index (χ1v) is 5.34. The first-order valence-electron chi connectivity index (χ1n) is 4.09. The molecule has 0 unspecified atom stereocenters. The van der Waals surface area contributed by atoms with Gasteiger partial charge in [-0.3, -0.25) is 4.79 Å². The molecule has 0 saturated heterocycles. The van der Waals surface area contributed by atoms with E-state index in [1.807, 2.05) is 13.8 Å². The monoisotopic (exact) mass is 269 g/mol. The van der Waals surface area contributed by atoms with Crippen LogP contribution in [-0.2, 0) is 4.79 Å². The minimum absolute atomic E-state index is 0.100. The maximum atomic E-state index is 10.4. The fourth-order valence-corrected chi connectivity index (χ4v) is 2.18. The van der Waals surface area contributed by atoms with Crippen LogP contribution in [0.3, 0.4) is 0 Å². The molecule has 66 valence electrons. The molecule has 1 amide bonds. The van der Waals surface area contributed by atoms with Crippen LogP contribution in [-0.4, -0.2) is 15.9 Å². The molecule has 0 aromatic rings. The van der Waals surface area contributed by atoms with E-state index in [2.05, 4.69) is 27.9 Å². The molecule has 0 aromatic heterocycles. The first kappa shape index (κ1) is 11.2. The van der Waals surface area contributed by atoms with E-state index in [0.29, 0.717) is 6.04 Å². The van der Waals surface area contributed by atoms with Crippen molar-refractivity contribution in [3.8, 4) is 0 Å². The zero-order valence-electron chi connectivity index (χ0n) is 7.36.